The van der Waals surface area contributed by atoms with Crippen molar-refractivity contribution in [3.05, 3.63) is 21.3 Å². The van der Waals surface area contributed by atoms with Crippen LogP contribution in [0.4, 0.5) is 5.82 Å². The third-order valence-corrected chi connectivity index (χ3v) is 1.98. The van der Waals surface area contributed by atoms with Crippen LogP contribution in [0.3, 0.4) is 0 Å². The number of nitrogens with two attached hydrogens (primary N) is 1. The van der Waals surface area contributed by atoms with Crippen molar-refractivity contribution in [1.82, 2.24) is 4.98 Å². The number of hydrogen-bond donors (Lipinski definition) is 2. The van der Waals surface area contributed by atoms with E-state index in [-0.39, 0.29) is 10.6 Å². The predicted molar refractivity (Wildman–Crippen MR) is 50.7 cm³/mol. The Balaban J connectivity index is 0.00000121. The lowest BCUT2D eigenvalue weighted by atomic mass is 10.4. The average molecular weight is 230 g/mol. The van der Waals surface area contributed by atoms with Crippen molar-refractivity contribution < 1.29 is 5.48 Å². The molecule has 0 atom stereocenters. The normalized spacial score (nSPS) is 9.00. The van der Waals surface area contributed by atoms with E-state index in [0.29, 0.717) is 15.9 Å². The van der Waals surface area contributed by atoms with Gasteiger partial charge in [-0.1, -0.05) is 34.8 Å². The molecule has 0 aromatic carbocycles. The summed E-state index contributed by atoms with van der Waals surface area (Å²) in [5.74, 6) is 5.38. The van der Waals surface area contributed by atoms with Gasteiger partial charge in [-0.15, -0.1) is 0 Å². The van der Waals surface area contributed by atoms with Crippen LogP contribution in [0.1, 0.15) is 0 Å². The van der Waals surface area contributed by atoms with Crippen LogP contribution in [-0.4, -0.2) is 10.5 Å². The first-order valence-corrected chi connectivity index (χ1v) is 3.76. The van der Waals surface area contributed by atoms with E-state index in [1.165, 1.54) is 6.07 Å². The number of nitrogens with zero attached hydrogens (tertiary/aromatic N) is 1. The van der Waals surface area contributed by atoms with Gasteiger partial charge in [0.25, 0.3) is 0 Å². The summed E-state index contributed by atoms with van der Waals surface area (Å²) in [7, 11) is 0. The number of anilines is 1. The van der Waals surface area contributed by atoms with E-state index in [4.69, 9.17) is 40.6 Å². The number of nitrogen functional groups attached to an aromatic ring is 1. The van der Waals surface area contributed by atoms with Crippen molar-refractivity contribution in [3.8, 4) is 0 Å². The Kier molecular flexibility index (Phi) is 4.59. The first kappa shape index (κ1) is 11.7. The summed E-state index contributed by atoms with van der Waals surface area (Å²) in [6.07, 6.45) is 0. The second kappa shape index (κ2) is 4.69. The number of aromatic nitrogens is 1. The zero-order valence-corrected chi connectivity index (χ0v) is 8.00. The number of nitrogens with one attached hydrogen (secondary N) is 1. The fourth-order valence-electron chi connectivity index (χ4n) is 0.545. The highest BCUT2D eigenvalue weighted by molar-refractivity contribution is 6.42. The maximum atomic E-state index is 5.65. The zero-order valence-electron chi connectivity index (χ0n) is 5.74. The van der Waals surface area contributed by atoms with Gasteiger partial charge in [-0.3, -0.25) is 0 Å². The van der Waals surface area contributed by atoms with Crippen molar-refractivity contribution >= 4 is 40.6 Å². The molecule has 7 heteroatoms. The lowest BCUT2D eigenvalue weighted by Crippen LogP contribution is -2.09. The minimum Gasteiger partial charge on any atom is -0.412 e. The minimum absolute atomic E-state index is 0. The molecule has 68 valence electrons. The molecule has 0 saturated heterocycles. The minimum atomic E-state index is 0. The Morgan fingerprint density at radius 3 is 2.33 bits per heavy atom. The highest BCUT2D eigenvalue weighted by Gasteiger charge is 2.05. The molecule has 4 nitrogen and oxygen atoms in total. The molecule has 1 aromatic rings. The molecule has 0 saturated carbocycles. The summed E-state index contributed by atoms with van der Waals surface area (Å²) in [4.78, 5) is 3.76. The van der Waals surface area contributed by atoms with E-state index in [2.05, 4.69) is 10.4 Å². The highest BCUT2D eigenvalue weighted by atomic mass is 35.5. The summed E-state index contributed by atoms with van der Waals surface area (Å²) in [5, 5.41) is 0.807. The van der Waals surface area contributed by atoms with Crippen molar-refractivity contribution in [1.29, 1.82) is 0 Å². The fourth-order valence-corrected chi connectivity index (χ4v) is 1.10. The van der Waals surface area contributed by atoms with Gasteiger partial charge in [0.2, 0.25) is 0 Å². The highest BCUT2D eigenvalue weighted by Crippen LogP contribution is 2.27. The van der Waals surface area contributed by atoms with Crippen molar-refractivity contribution in [2.75, 3.05) is 5.43 Å². The maximum absolute atomic E-state index is 5.65. The molecule has 1 heterocycles. The first-order valence-electron chi connectivity index (χ1n) is 2.63. The molecule has 0 radical (unpaired) electrons. The van der Waals surface area contributed by atoms with Crippen LogP contribution >= 0.6 is 34.8 Å². The predicted octanol–water partition coefficient (Wildman–Crippen LogP) is 1.50. The van der Waals surface area contributed by atoms with Crippen LogP contribution in [0, 0.1) is 0 Å². The number of rotatable bonds is 1. The lowest BCUT2D eigenvalue weighted by Gasteiger charge is -2.02. The van der Waals surface area contributed by atoms with E-state index in [0.717, 1.165) is 0 Å². The second-order valence-electron chi connectivity index (χ2n) is 1.74. The van der Waals surface area contributed by atoms with Gasteiger partial charge < -0.3 is 10.9 Å². The van der Waals surface area contributed by atoms with Gasteiger partial charge in [-0.05, 0) is 6.07 Å². The monoisotopic (exact) mass is 229 g/mol. The van der Waals surface area contributed by atoms with E-state index in [1.54, 1.807) is 0 Å². The van der Waals surface area contributed by atoms with Gasteiger partial charge in [-0.2, -0.15) is 0 Å². The Labute approximate surface area is 83.9 Å². The van der Waals surface area contributed by atoms with Gasteiger partial charge in [0.1, 0.15) is 5.15 Å². The summed E-state index contributed by atoms with van der Waals surface area (Å²) in [6.45, 7) is 0. The Morgan fingerprint density at radius 2 is 1.83 bits per heavy atom. The molecule has 0 unspecified atom stereocenters. The molecule has 0 spiro atoms. The number of halogens is 3. The van der Waals surface area contributed by atoms with Crippen LogP contribution in [0.2, 0.25) is 15.2 Å². The van der Waals surface area contributed by atoms with Crippen LogP contribution in [0.5, 0.6) is 0 Å². The number of hydrogen-bond acceptors (Lipinski definition) is 3. The molecule has 0 aliphatic heterocycles. The largest absolute Gasteiger partial charge is 0.412 e. The molecule has 0 amide bonds. The topological polar surface area (TPSA) is 82.4 Å². The lowest BCUT2D eigenvalue weighted by molar-refractivity contribution is 0.824. The molecule has 0 fully saturated rings. The Morgan fingerprint density at radius 1 is 1.25 bits per heavy atom. The summed E-state index contributed by atoms with van der Waals surface area (Å²) >= 11 is 16.8. The molecule has 1 rings (SSSR count). The zero-order chi connectivity index (χ0) is 8.43. The number of hydrazine groups is 1. The van der Waals surface area contributed by atoms with Crippen LogP contribution in [0.25, 0.3) is 0 Å². The quantitative estimate of drug-likeness (QED) is 0.436. The smallest absolute Gasteiger partial charge is 0.160 e. The van der Waals surface area contributed by atoms with E-state index in [9.17, 15) is 0 Å². The molecular formula is C5H6Cl3N3O. The summed E-state index contributed by atoms with van der Waals surface area (Å²) < 4.78 is 0. The van der Waals surface area contributed by atoms with E-state index < -0.39 is 0 Å². The third kappa shape index (κ3) is 2.36. The molecule has 0 bridgehead atoms. The van der Waals surface area contributed by atoms with Gasteiger partial charge in [0.15, 0.2) is 5.82 Å². The average Bonchev–Trinajstić information content (AvgIpc) is 1.97. The Bertz CT molecular complexity index is 281. The summed E-state index contributed by atoms with van der Waals surface area (Å²) in [6, 6.07) is 1.47. The molecule has 12 heavy (non-hydrogen) atoms. The van der Waals surface area contributed by atoms with Gasteiger partial charge in [0, 0.05) is 0 Å². The SMILES string of the molecule is NNc1nc(Cl)c(Cl)cc1Cl.O. The van der Waals surface area contributed by atoms with Gasteiger partial charge in [0.05, 0.1) is 10.0 Å². The summed E-state index contributed by atoms with van der Waals surface area (Å²) in [5.41, 5.74) is 2.28. The molecular weight excluding hydrogens is 224 g/mol. The van der Waals surface area contributed by atoms with Crippen LogP contribution in [-0.2, 0) is 0 Å². The third-order valence-electron chi connectivity index (χ3n) is 1.02. The fraction of sp³-hybridized carbons (Fsp3) is 0. The number of pyridine rings is 1. The van der Waals surface area contributed by atoms with Crippen LogP contribution in [0.15, 0.2) is 6.07 Å². The molecule has 5 N–H and O–H groups in total. The standard InChI is InChI=1S/C5H4Cl3N3.H2O/c6-2-1-3(7)5(11-9)10-4(2)8;/h1H,9H2,(H,10,11);1H2. The molecule has 0 aliphatic rings. The van der Waals surface area contributed by atoms with Gasteiger partial charge in [-0.25, -0.2) is 10.8 Å². The van der Waals surface area contributed by atoms with E-state index >= 15 is 0 Å². The van der Waals surface area contributed by atoms with Crippen molar-refractivity contribution in [2.24, 2.45) is 5.84 Å². The van der Waals surface area contributed by atoms with Crippen LogP contribution < -0.4 is 11.3 Å². The van der Waals surface area contributed by atoms with Crippen molar-refractivity contribution in [3.63, 3.8) is 0 Å². The Hall–Kier alpha value is -0.260. The molecule has 0 aliphatic carbocycles. The van der Waals surface area contributed by atoms with E-state index in [1.807, 2.05) is 0 Å². The second-order valence-corrected chi connectivity index (χ2v) is 2.91. The van der Waals surface area contributed by atoms with Crippen molar-refractivity contribution in [2.45, 2.75) is 0 Å². The van der Waals surface area contributed by atoms with Gasteiger partial charge >= 0.3 is 0 Å². The maximum Gasteiger partial charge on any atom is 0.160 e. The first-order chi connectivity index (χ1) is 5.15. The molecule has 1 aromatic heterocycles.